The molecule has 190 valence electrons. The zero-order valence-electron chi connectivity index (χ0n) is 21.6. The van der Waals surface area contributed by atoms with Crippen molar-refractivity contribution in [2.75, 3.05) is 24.3 Å². The van der Waals surface area contributed by atoms with E-state index in [1.807, 2.05) is 54.6 Å². The van der Waals surface area contributed by atoms with E-state index in [0.717, 1.165) is 77.4 Å². The fourth-order valence-electron chi connectivity index (χ4n) is 6.47. The van der Waals surface area contributed by atoms with Crippen molar-refractivity contribution in [2.45, 2.75) is 6.04 Å². The SMILES string of the molecule is C=C1C(c2c3ccccc3c(N)c3c(N)cccc23)=C(OC)/C1=C1/c2ccccc2C(N)c2c(N)cccc21. The second kappa shape index (κ2) is 8.25. The van der Waals surface area contributed by atoms with Gasteiger partial charge < -0.3 is 27.7 Å². The van der Waals surface area contributed by atoms with Crippen LogP contribution in [0.25, 0.3) is 32.7 Å². The number of methoxy groups -OCH3 is 1. The summed E-state index contributed by atoms with van der Waals surface area (Å²) in [5.74, 6) is 0.771. The summed E-state index contributed by atoms with van der Waals surface area (Å²) >= 11 is 0. The number of allylic oxidation sites excluding steroid dienone is 2. The Hall–Kier alpha value is -5.00. The molecule has 1 atom stereocenters. The molecule has 0 aromatic heterocycles. The van der Waals surface area contributed by atoms with Crippen LogP contribution >= 0.6 is 0 Å². The second-order valence-corrected chi connectivity index (χ2v) is 10.1. The van der Waals surface area contributed by atoms with Gasteiger partial charge in [-0.15, -0.1) is 0 Å². The molecule has 2 aliphatic carbocycles. The summed E-state index contributed by atoms with van der Waals surface area (Å²) in [5, 5.41) is 3.78. The van der Waals surface area contributed by atoms with E-state index in [4.69, 9.17) is 27.7 Å². The lowest BCUT2D eigenvalue weighted by atomic mass is 9.69. The van der Waals surface area contributed by atoms with Crippen LogP contribution in [0.5, 0.6) is 0 Å². The van der Waals surface area contributed by atoms with Crippen LogP contribution in [-0.4, -0.2) is 7.11 Å². The number of hydrogen-bond donors (Lipinski definition) is 4. The maximum absolute atomic E-state index is 6.76. The first-order valence-corrected chi connectivity index (χ1v) is 12.9. The highest BCUT2D eigenvalue weighted by Gasteiger charge is 2.39. The maximum Gasteiger partial charge on any atom is 0.135 e. The Morgan fingerprint density at radius 3 is 2.10 bits per heavy atom. The van der Waals surface area contributed by atoms with Gasteiger partial charge in [0, 0.05) is 55.7 Å². The number of anilines is 3. The van der Waals surface area contributed by atoms with Crippen LogP contribution in [0, 0.1) is 0 Å². The molecule has 5 aromatic carbocycles. The number of nitrogen functional groups attached to an aromatic ring is 3. The third-order valence-corrected chi connectivity index (χ3v) is 8.17. The monoisotopic (exact) mass is 508 g/mol. The van der Waals surface area contributed by atoms with Crippen LogP contribution < -0.4 is 22.9 Å². The normalized spacial score (nSPS) is 18.2. The zero-order valence-corrected chi connectivity index (χ0v) is 21.6. The van der Waals surface area contributed by atoms with E-state index in [9.17, 15) is 0 Å². The van der Waals surface area contributed by atoms with E-state index in [-0.39, 0.29) is 6.04 Å². The minimum atomic E-state index is -0.322. The summed E-state index contributed by atoms with van der Waals surface area (Å²) < 4.78 is 6.17. The van der Waals surface area contributed by atoms with Gasteiger partial charge in [0.05, 0.1) is 13.2 Å². The molecule has 7 rings (SSSR count). The van der Waals surface area contributed by atoms with Crippen molar-refractivity contribution < 1.29 is 4.74 Å². The molecular formula is C34H28N4O. The minimum Gasteiger partial charge on any atom is -0.495 e. The Labute approximate surface area is 226 Å². The van der Waals surface area contributed by atoms with Gasteiger partial charge in [-0.3, -0.25) is 0 Å². The summed E-state index contributed by atoms with van der Waals surface area (Å²) in [6.45, 7) is 4.60. The van der Waals surface area contributed by atoms with E-state index in [1.54, 1.807) is 7.11 Å². The molecule has 1 unspecified atom stereocenters. The molecule has 0 amide bonds. The highest BCUT2D eigenvalue weighted by molar-refractivity contribution is 6.24. The summed E-state index contributed by atoms with van der Waals surface area (Å²) in [6.07, 6.45) is 0. The molecule has 8 N–H and O–H groups in total. The van der Waals surface area contributed by atoms with Gasteiger partial charge in [-0.25, -0.2) is 0 Å². The van der Waals surface area contributed by atoms with E-state index in [0.29, 0.717) is 17.1 Å². The third-order valence-electron chi connectivity index (χ3n) is 8.17. The molecule has 0 aliphatic heterocycles. The van der Waals surface area contributed by atoms with Gasteiger partial charge in [-0.1, -0.05) is 79.4 Å². The smallest absolute Gasteiger partial charge is 0.135 e. The molecule has 5 nitrogen and oxygen atoms in total. The number of rotatable bonds is 2. The van der Waals surface area contributed by atoms with E-state index < -0.39 is 0 Å². The van der Waals surface area contributed by atoms with Crippen molar-refractivity contribution >= 4 is 49.8 Å². The predicted octanol–water partition coefficient (Wildman–Crippen LogP) is 6.53. The van der Waals surface area contributed by atoms with Crippen molar-refractivity contribution in [2.24, 2.45) is 5.73 Å². The Kier molecular flexibility index (Phi) is 4.90. The van der Waals surface area contributed by atoms with E-state index in [1.165, 1.54) is 0 Å². The molecule has 2 aliphatic rings. The molecule has 0 saturated carbocycles. The number of hydrogen-bond acceptors (Lipinski definition) is 5. The third kappa shape index (κ3) is 2.99. The lowest BCUT2D eigenvalue weighted by Crippen LogP contribution is -2.24. The van der Waals surface area contributed by atoms with Gasteiger partial charge >= 0.3 is 0 Å². The molecule has 5 aromatic rings. The average molecular weight is 509 g/mol. The fraction of sp³-hybridized carbons (Fsp3) is 0.0588. The molecule has 0 bridgehead atoms. The van der Waals surface area contributed by atoms with Crippen LogP contribution in [0.4, 0.5) is 17.1 Å². The molecule has 39 heavy (non-hydrogen) atoms. The van der Waals surface area contributed by atoms with Crippen LogP contribution in [0.1, 0.15) is 33.9 Å². The van der Waals surface area contributed by atoms with Gasteiger partial charge in [-0.05, 0) is 45.2 Å². The van der Waals surface area contributed by atoms with Crippen LogP contribution in [0.2, 0.25) is 0 Å². The lowest BCUT2D eigenvalue weighted by molar-refractivity contribution is 0.299. The first-order valence-electron chi connectivity index (χ1n) is 12.9. The van der Waals surface area contributed by atoms with Crippen LogP contribution in [-0.2, 0) is 4.74 Å². The van der Waals surface area contributed by atoms with Crippen molar-refractivity contribution in [3.8, 4) is 0 Å². The second-order valence-electron chi connectivity index (χ2n) is 10.1. The van der Waals surface area contributed by atoms with Crippen molar-refractivity contribution in [3.05, 3.63) is 136 Å². The van der Waals surface area contributed by atoms with Gasteiger partial charge in [-0.2, -0.15) is 0 Å². The van der Waals surface area contributed by atoms with Crippen LogP contribution in [0.15, 0.2) is 108 Å². The topological polar surface area (TPSA) is 113 Å². The number of nitrogens with two attached hydrogens (primary N) is 4. The number of fused-ring (bicyclic) bond motifs is 4. The minimum absolute atomic E-state index is 0.322. The summed E-state index contributed by atoms with van der Waals surface area (Å²) in [4.78, 5) is 0. The Bertz CT molecular complexity index is 1960. The fourth-order valence-corrected chi connectivity index (χ4v) is 6.47. The molecule has 0 spiro atoms. The quantitative estimate of drug-likeness (QED) is 0.160. The average Bonchev–Trinajstić information content (AvgIpc) is 2.95. The predicted molar refractivity (Wildman–Crippen MR) is 163 cm³/mol. The molecule has 5 heteroatoms. The van der Waals surface area contributed by atoms with Crippen molar-refractivity contribution in [3.63, 3.8) is 0 Å². The van der Waals surface area contributed by atoms with Gasteiger partial charge in [0.15, 0.2) is 0 Å². The van der Waals surface area contributed by atoms with Crippen molar-refractivity contribution in [1.29, 1.82) is 0 Å². The van der Waals surface area contributed by atoms with Gasteiger partial charge in [0.1, 0.15) is 5.76 Å². The van der Waals surface area contributed by atoms with Crippen LogP contribution in [0.3, 0.4) is 0 Å². The molecule has 0 heterocycles. The molecular weight excluding hydrogens is 480 g/mol. The first-order chi connectivity index (χ1) is 18.9. The zero-order chi connectivity index (χ0) is 27.0. The largest absolute Gasteiger partial charge is 0.495 e. The Morgan fingerprint density at radius 1 is 0.667 bits per heavy atom. The Morgan fingerprint density at radius 2 is 1.31 bits per heavy atom. The highest BCUT2D eigenvalue weighted by atomic mass is 16.5. The first kappa shape index (κ1) is 23.1. The highest BCUT2D eigenvalue weighted by Crippen LogP contribution is 2.56. The van der Waals surface area contributed by atoms with E-state index in [2.05, 4.69) is 36.9 Å². The maximum atomic E-state index is 6.76. The number of benzene rings is 5. The number of ether oxygens (including phenoxy) is 1. The van der Waals surface area contributed by atoms with Gasteiger partial charge in [0.25, 0.3) is 0 Å². The molecule has 0 radical (unpaired) electrons. The summed E-state index contributed by atoms with van der Waals surface area (Å²) in [6, 6.07) is 27.9. The Balaban J connectivity index is 1.61. The van der Waals surface area contributed by atoms with Gasteiger partial charge in [0.2, 0.25) is 0 Å². The summed E-state index contributed by atoms with van der Waals surface area (Å²) in [7, 11) is 1.71. The lowest BCUT2D eigenvalue weighted by Gasteiger charge is -2.36. The summed E-state index contributed by atoms with van der Waals surface area (Å²) in [5.41, 5.74) is 37.2. The van der Waals surface area contributed by atoms with E-state index >= 15 is 0 Å². The molecule has 0 saturated heterocycles. The molecule has 0 fully saturated rings. The standard InChI is InChI=1S/C34H28N4O/c1-17-26(28-18-9-3-5-11-20(18)32(37)30-22(28)13-7-15-24(30)35)34(39-2)27(17)29-19-10-4-6-12-21(19)33(38)31-23(29)14-8-16-25(31)36/h3-16,32H,1,35-38H2,2H3/b28-26-. The van der Waals surface area contributed by atoms with Crippen molar-refractivity contribution in [1.82, 2.24) is 0 Å².